The van der Waals surface area contributed by atoms with E-state index in [-0.39, 0.29) is 28.8 Å². The molecule has 0 radical (unpaired) electrons. The average Bonchev–Trinajstić information content (AvgIpc) is 3.20. The van der Waals surface area contributed by atoms with Crippen LogP contribution in [0.2, 0.25) is 0 Å². The summed E-state index contributed by atoms with van der Waals surface area (Å²) in [6.45, 7) is 18.0. The van der Waals surface area contributed by atoms with Gasteiger partial charge in [-0.2, -0.15) is 0 Å². The third-order valence-electron chi connectivity index (χ3n) is 10.8. The maximum absolute atomic E-state index is 10.6. The zero-order valence-corrected chi connectivity index (χ0v) is 27.8. The molecule has 0 bridgehead atoms. The Hall–Kier alpha value is -2.04. The van der Waals surface area contributed by atoms with Crippen LogP contribution < -0.4 is 0 Å². The minimum Gasteiger partial charge on any atom is -0.508 e. The highest BCUT2D eigenvalue weighted by atomic mass is 16.7. The fourth-order valence-corrected chi connectivity index (χ4v) is 8.09. The van der Waals surface area contributed by atoms with Gasteiger partial charge in [0, 0.05) is 0 Å². The van der Waals surface area contributed by atoms with Gasteiger partial charge < -0.3 is 19.7 Å². The summed E-state index contributed by atoms with van der Waals surface area (Å²) < 4.78 is 12.6. The van der Waals surface area contributed by atoms with E-state index < -0.39 is 5.79 Å². The first kappa shape index (κ1) is 32.9. The summed E-state index contributed by atoms with van der Waals surface area (Å²) in [5.41, 5.74) is 7.25. The second kappa shape index (κ2) is 13.3. The van der Waals surface area contributed by atoms with E-state index in [1.165, 1.54) is 43.3 Å². The first-order valence-corrected chi connectivity index (χ1v) is 16.6. The molecule has 2 aliphatic carbocycles. The summed E-state index contributed by atoms with van der Waals surface area (Å²) in [6.07, 6.45) is 18.3. The molecule has 0 aromatic heterocycles. The molecular formula is C38H58O4. The number of rotatable bonds is 11. The van der Waals surface area contributed by atoms with Gasteiger partial charge in [-0.1, -0.05) is 55.2 Å². The number of benzene rings is 1. The molecule has 4 rings (SSSR count). The fourth-order valence-electron chi connectivity index (χ4n) is 8.09. The maximum Gasteiger partial charge on any atom is 0.163 e. The summed E-state index contributed by atoms with van der Waals surface area (Å²) in [4.78, 5) is 0. The molecule has 3 aliphatic rings. The number of aromatic hydroxyl groups is 2. The van der Waals surface area contributed by atoms with Crippen molar-refractivity contribution >= 4 is 0 Å². The second-order valence-electron chi connectivity index (χ2n) is 14.9. The van der Waals surface area contributed by atoms with Gasteiger partial charge in [0.05, 0.1) is 12.2 Å². The van der Waals surface area contributed by atoms with E-state index >= 15 is 0 Å². The molecular weight excluding hydrogens is 520 g/mol. The molecule has 3 unspecified atom stereocenters. The van der Waals surface area contributed by atoms with Crippen LogP contribution >= 0.6 is 0 Å². The molecule has 0 spiro atoms. The Morgan fingerprint density at radius 3 is 2.36 bits per heavy atom. The number of hydrogen-bond donors (Lipinski definition) is 2. The molecule has 4 nitrogen and oxygen atoms in total. The van der Waals surface area contributed by atoms with Crippen LogP contribution in [0.4, 0.5) is 0 Å². The zero-order chi connectivity index (χ0) is 30.7. The summed E-state index contributed by atoms with van der Waals surface area (Å²) in [6, 6.07) is 4.96. The monoisotopic (exact) mass is 578 g/mol. The van der Waals surface area contributed by atoms with Crippen molar-refractivity contribution in [2.75, 3.05) is 0 Å². The molecule has 0 saturated carbocycles. The molecule has 1 aromatic carbocycles. The molecule has 0 amide bonds. The van der Waals surface area contributed by atoms with Gasteiger partial charge in [-0.25, -0.2) is 0 Å². The molecule has 1 fully saturated rings. The SMILES string of the molecule is CC(C)=CCC[C@H]1OC(C)(C)O[C@H]1CC/C(C)=C/CCC1(C)CCCC2=C1CCC(C)C2(C)Cc1cc(O)ccc1O. The normalized spacial score (nSPS) is 31.2. The van der Waals surface area contributed by atoms with Crippen LogP contribution in [-0.4, -0.2) is 28.2 Å². The molecule has 1 heterocycles. The highest BCUT2D eigenvalue weighted by Crippen LogP contribution is 2.58. The van der Waals surface area contributed by atoms with E-state index in [1.54, 1.807) is 29.3 Å². The third-order valence-corrected chi connectivity index (χ3v) is 10.8. The summed E-state index contributed by atoms with van der Waals surface area (Å²) in [5.74, 6) is 0.574. The lowest BCUT2D eigenvalue weighted by molar-refractivity contribution is -0.147. The predicted octanol–water partition coefficient (Wildman–Crippen LogP) is 10.3. The van der Waals surface area contributed by atoms with E-state index in [4.69, 9.17) is 9.47 Å². The van der Waals surface area contributed by atoms with E-state index in [0.29, 0.717) is 11.7 Å². The van der Waals surface area contributed by atoms with Crippen molar-refractivity contribution in [1.82, 2.24) is 0 Å². The topological polar surface area (TPSA) is 58.9 Å². The molecule has 234 valence electrons. The number of hydrogen-bond acceptors (Lipinski definition) is 4. The number of phenols is 2. The van der Waals surface area contributed by atoms with E-state index in [0.717, 1.165) is 50.5 Å². The van der Waals surface area contributed by atoms with Crippen molar-refractivity contribution in [3.63, 3.8) is 0 Å². The molecule has 42 heavy (non-hydrogen) atoms. The lowest BCUT2D eigenvalue weighted by atomic mass is 9.54. The van der Waals surface area contributed by atoms with Gasteiger partial charge in [0.2, 0.25) is 0 Å². The Balaban J connectivity index is 1.41. The van der Waals surface area contributed by atoms with E-state index in [2.05, 4.69) is 53.7 Å². The van der Waals surface area contributed by atoms with Gasteiger partial charge in [0.1, 0.15) is 11.5 Å². The summed E-state index contributed by atoms with van der Waals surface area (Å²) >= 11 is 0. The molecule has 1 aliphatic heterocycles. The van der Waals surface area contributed by atoms with Crippen molar-refractivity contribution in [3.05, 3.63) is 58.2 Å². The van der Waals surface area contributed by atoms with Gasteiger partial charge in [-0.05, 0) is 152 Å². The van der Waals surface area contributed by atoms with Gasteiger partial charge >= 0.3 is 0 Å². The van der Waals surface area contributed by atoms with Crippen LogP contribution in [0.15, 0.2) is 52.6 Å². The van der Waals surface area contributed by atoms with Crippen LogP contribution in [0.25, 0.3) is 0 Å². The molecule has 1 saturated heterocycles. The number of phenolic OH excluding ortho intramolecular Hbond substituents is 2. The van der Waals surface area contributed by atoms with Crippen LogP contribution in [0.3, 0.4) is 0 Å². The smallest absolute Gasteiger partial charge is 0.163 e. The van der Waals surface area contributed by atoms with Crippen LogP contribution in [0.5, 0.6) is 11.5 Å². The molecule has 2 N–H and O–H groups in total. The van der Waals surface area contributed by atoms with Crippen molar-refractivity contribution in [2.45, 2.75) is 150 Å². The molecule has 1 aromatic rings. The highest BCUT2D eigenvalue weighted by Gasteiger charge is 2.46. The van der Waals surface area contributed by atoms with E-state index in [1.807, 2.05) is 13.8 Å². The Morgan fingerprint density at radius 1 is 0.929 bits per heavy atom. The van der Waals surface area contributed by atoms with Gasteiger partial charge in [0.15, 0.2) is 5.79 Å². The average molecular weight is 579 g/mol. The van der Waals surface area contributed by atoms with Crippen molar-refractivity contribution in [2.24, 2.45) is 16.7 Å². The predicted molar refractivity (Wildman–Crippen MR) is 174 cm³/mol. The van der Waals surface area contributed by atoms with Crippen molar-refractivity contribution in [3.8, 4) is 11.5 Å². The lowest BCUT2D eigenvalue weighted by Gasteiger charge is -2.51. The summed E-state index contributed by atoms with van der Waals surface area (Å²) in [7, 11) is 0. The standard InChI is InChI=1S/C38H58O4/c1-26(2)12-9-15-34-35(42-36(5,6)41-34)21-16-27(3)13-10-22-37(7)23-11-14-32-31(37)19-17-28(4)38(32,8)25-29-24-30(39)18-20-33(29)40/h12-13,18,20,24,28,34-35,39-40H,9-11,14-17,19,21-23,25H2,1-8H3/b27-13+/t28?,34-,35+,37?,38?/m1/s1. The minimum absolute atomic E-state index is 0.00554. The third kappa shape index (κ3) is 7.72. The summed E-state index contributed by atoms with van der Waals surface area (Å²) in [5, 5.41) is 20.7. The minimum atomic E-state index is -0.495. The maximum atomic E-state index is 10.6. The van der Waals surface area contributed by atoms with Crippen molar-refractivity contribution < 1.29 is 19.7 Å². The van der Waals surface area contributed by atoms with Gasteiger partial charge in [-0.15, -0.1) is 0 Å². The van der Waals surface area contributed by atoms with E-state index in [9.17, 15) is 10.2 Å². The number of allylic oxidation sites excluding steroid dienone is 6. The Morgan fingerprint density at radius 2 is 1.64 bits per heavy atom. The van der Waals surface area contributed by atoms with Crippen molar-refractivity contribution in [1.29, 1.82) is 0 Å². The van der Waals surface area contributed by atoms with Crippen LogP contribution in [-0.2, 0) is 15.9 Å². The van der Waals surface area contributed by atoms with Crippen LogP contribution in [0, 0.1) is 16.7 Å². The Kier molecular flexibility index (Phi) is 10.4. The van der Waals surface area contributed by atoms with Crippen LogP contribution in [0.1, 0.15) is 132 Å². The quantitative estimate of drug-likeness (QED) is 0.203. The first-order valence-electron chi connectivity index (χ1n) is 16.6. The Labute approximate surface area is 256 Å². The Bertz CT molecular complexity index is 1190. The van der Waals surface area contributed by atoms with Gasteiger partial charge in [0.25, 0.3) is 0 Å². The second-order valence-corrected chi connectivity index (χ2v) is 14.9. The highest BCUT2D eigenvalue weighted by molar-refractivity contribution is 5.42. The molecule has 5 atom stereocenters. The number of ether oxygens (including phenoxy) is 2. The molecule has 4 heteroatoms. The largest absolute Gasteiger partial charge is 0.508 e. The fraction of sp³-hybridized carbons (Fsp3) is 0.684. The lowest BCUT2D eigenvalue weighted by Crippen LogP contribution is -2.39. The first-order chi connectivity index (χ1) is 19.7. The van der Waals surface area contributed by atoms with Gasteiger partial charge in [-0.3, -0.25) is 0 Å². The zero-order valence-electron chi connectivity index (χ0n) is 27.8.